The Bertz CT molecular complexity index is 1250. The number of thiazole rings is 1. The number of nitrogens with one attached hydrogen (secondary N) is 1. The van der Waals surface area contributed by atoms with Crippen LogP contribution in [0.3, 0.4) is 0 Å². The average Bonchev–Trinajstić information content (AvgIpc) is 3.47. The van der Waals surface area contributed by atoms with Crippen molar-refractivity contribution in [2.45, 2.75) is 6.92 Å². The van der Waals surface area contributed by atoms with Crippen molar-refractivity contribution in [2.24, 2.45) is 0 Å². The van der Waals surface area contributed by atoms with Gasteiger partial charge in [0.2, 0.25) is 11.9 Å². The first-order valence-corrected chi connectivity index (χ1v) is 10.3. The molecule has 4 aromatic rings. The number of aromatic nitrogens is 3. The molecule has 0 saturated heterocycles. The van der Waals surface area contributed by atoms with Gasteiger partial charge in [0.15, 0.2) is 11.5 Å². The normalized spacial score (nSPS) is 12.2. The first kappa shape index (κ1) is 18.7. The zero-order valence-corrected chi connectivity index (χ0v) is 17.3. The molecule has 30 heavy (non-hydrogen) atoms. The summed E-state index contributed by atoms with van der Waals surface area (Å²) >= 11 is 7.33. The second kappa shape index (κ2) is 7.47. The fourth-order valence-electron chi connectivity index (χ4n) is 3.07. The van der Waals surface area contributed by atoms with Gasteiger partial charge in [-0.2, -0.15) is 9.78 Å². The van der Waals surface area contributed by atoms with Gasteiger partial charge in [-0.1, -0.05) is 11.6 Å². The Morgan fingerprint density at radius 1 is 1.13 bits per heavy atom. The van der Waals surface area contributed by atoms with E-state index in [1.54, 1.807) is 35.0 Å². The zero-order chi connectivity index (χ0) is 20.7. The van der Waals surface area contributed by atoms with Crippen LogP contribution in [-0.2, 0) is 0 Å². The lowest BCUT2D eigenvalue weighted by Gasteiger charge is -2.06. The number of carbonyl (C=O) groups is 1. The minimum atomic E-state index is -0.250. The Labute approximate surface area is 180 Å². The number of rotatable bonds is 4. The summed E-state index contributed by atoms with van der Waals surface area (Å²) in [6, 6.07) is 14.2. The molecule has 0 bridgehead atoms. The minimum Gasteiger partial charge on any atom is -0.454 e. The van der Waals surface area contributed by atoms with Crippen molar-refractivity contribution in [3.8, 4) is 27.9 Å². The molecule has 1 N–H and O–H groups in total. The van der Waals surface area contributed by atoms with Gasteiger partial charge in [0.25, 0.3) is 5.91 Å². The molecular weight excluding hydrogens is 424 g/mol. The molecule has 0 unspecified atom stereocenters. The molecule has 0 atom stereocenters. The maximum Gasteiger partial charge on any atom is 0.256 e. The Morgan fingerprint density at radius 3 is 2.77 bits per heavy atom. The third kappa shape index (κ3) is 3.51. The summed E-state index contributed by atoms with van der Waals surface area (Å²) in [4.78, 5) is 17.3. The van der Waals surface area contributed by atoms with E-state index < -0.39 is 0 Å². The number of hydrogen-bond donors (Lipinski definition) is 1. The van der Waals surface area contributed by atoms with Gasteiger partial charge in [0.05, 0.1) is 11.4 Å². The largest absolute Gasteiger partial charge is 0.454 e. The van der Waals surface area contributed by atoms with Crippen LogP contribution in [0.5, 0.6) is 11.5 Å². The first-order valence-electron chi connectivity index (χ1n) is 9.06. The van der Waals surface area contributed by atoms with Gasteiger partial charge in [-0.15, -0.1) is 11.3 Å². The van der Waals surface area contributed by atoms with Crippen LogP contribution in [0.1, 0.15) is 16.1 Å². The van der Waals surface area contributed by atoms with Crippen LogP contribution in [-0.4, -0.2) is 27.5 Å². The van der Waals surface area contributed by atoms with Crippen molar-refractivity contribution in [3.63, 3.8) is 0 Å². The highest BCUT2D eigenvalue weighted by atomic mass is 35.5. The van der Waals surface area contributed by atoms with E-state index in [0.29, 0.717) is 27.3 Å². The summed E-state index contributed by atoms with van der Waals surface area (Å²) in [7, 11) is 0. The third-order valence-corrected chi connectivity index (χ3v) is 5.59. The quantitative estimate of drug-likeness (QED) is 0.488. The Hall–Kier alpha value is -3.36. The molecular formula is C21H15ClN4O3S. The van der Waals surface area contributed by atoms with E-state index in [-0.39, 0.29) is 12.7 Å². The molecule has 1 aliphatic rings. The van der Waals surface area contributed by atoms with Crippen molar-refractivity contribution in [1.29, 1.82) is 0 Å². The maximum absolute atomic E-state index is 12.6. The molecule has 7 nitrogen and oxygen atoms in total. The molecule has 3 heterocycles. The van der Waals surface area contributed by atoms with Crippen molar-refractivity contribution in [3.05, 3.63) is 70.2 Å². The number of ether oxygens (including phenoxy) is 2. The molecule has 2 aromatic heterocycles. The number of nitrogens with zero attached hydrogens (tertiary/aromatic N) is 3. The summed E-state index contributed by atoms with van der Waals surface area (Å²) in [6.07, 6.45) is 0. The molecule has 1 amide bonds. The van der Waals surface area contributed by atoms with E-state index in [0.717, 1.165) is 22.7 Å². The van der Waals surface area contributed by atoms with Crippen LogP contribution < -0.4 is 14.8 Å². The summed E-state index contributed by atoms with van der Waals surface area (Å²) in [6.45, 7) is 2.09. The molecule has 0 spiro atoms. The number of halogens is 1. The molecule has 0 saturated carbocycles. The smallest absolute Gasteiger partial charge is 0.256 e. The fourth-order valence-corrected chi connectivity index (χ4v) is 4.00. The summed E-state index contributed by atoms with van der Waals surface area (Å²) < 4.78 is 12.4. The number of aryl methyl sites for hydroxylation is 1. The lowest BCUT2D eigenvalue weighted by molar-refractivity contribution is 0.102. The van der Waals surface area contributed by atoms with Gasteiger partial charge in [0, 0.05) is 27.6 Å². The number of carbonyl (C=O) groups excluding carboxylic acids is 1. The minimum absolute atomic E-state index is 0.227. The highest BCUT2D eigenvalue weighted by Crippen LogP contribution is 2.36. The van der Waals surface area contributed by atoms with Crippen molar-refractivity contribution in [2.75, 3.05) is 12.1 Å². The second-order valence-electron chi connectivity index (χ2n) is 6.63. The molecule has 0 radical (unpaired) electrons. The SMILES string of the molecule is Cc1cc(NC(=O)c2ccc(Cl)cc2)n(-c2nc(-c3ccc4c(c3)OCO4)cs2)n1. The molecule has 1 aliphatic heterocycles. The highest BCUT2D eigenvalue weighted by Gasteiger charge is 2.18. The number of anilines is 1. The molecule has 5 rings (SSSR count). The van der Waals surface area contributed by atoms with Gasteiger partial charge in [-0.3, -0.25) is 4.79 Å². The Kier molecular flexibility index (Phi) is 4.65. The average molecular weight is 439 g/mol. The second-order valence-corrected chi connectivity index (χ2v) is 7.90. The van der Waals surface area contributed by atoms with E-state index in [2.05, 4.69) is 10.4 Å². The monoisotopic (exact) mass is 438 g/mol. The topological polar surface area (TPSA) is 78.3 Å². The molecule has 150 valence electrons. The number of hydrogen-bond acceptors (Lipinski definition) is 6. The van der Waals surface area contributed by atoms with Crippen LogP contribution in [0.2, 0.25) is 5.02 Å². The molecule has 0 fully saturated rings. The van der Waals surface area contributed by atoms with E-state index in [1.165, 1.54) is 11.3 Å². The van der Waals surface area contributed by atoms with E-state index in [1.807, 2.05) is 30.5 Å². The lowest BCUT2D eigenvalue weighted by atomic mass is 10.1. The van der Waals surface area contributed by atoms with Crippen molar-refractivity contribution >= 4 is 34.7 Å². The van der Waals surface area contributed by atoms with Gasteiger partial charge in [-0.25, -0.2) is 4.98 Å². The van der Waals surface area contributed by atoms with Crippen LogP contribution in [0.4, 0.5) is 5.82 Å². The molecule has 2 aromatic carbocycles. The van der Waals surface area contributed by atoms with Gasteiger partial charge in [0.1, 0.15) is 5.82 Å². The Balaban J connectivity index is 1.43. The molecule has 9 heteroatoms. The predicted molar refractivity (Wildman–Crippen MR) is 115 cm³/mol. The van der Waals surface area contributed by atoms with E-state index >= 15 is 0 Å². The fraction of sp³-hybridized carbons (Fsp3) is 0.0952. The summed E-state index contributed by atoms with van der Waals surface area (Å²) in [5.41, 5.74) is 2.97. The van der Waals surface area contributed by atoms with E-state index in [9.17, 15) is 4.79 Å². The third-order valence-electron chi connectivity index (χ3n) is 4.52. The van der Waals surface area contributed by atoms with Crippen molar-refractivity contribution < 1.29 is 14.3 Å². The number of fused-ring (bicyclic) bond motifs is 1. The number of benzene rings is 2. The predicted octanol–water partition coefficient (Wildman–Crippen LogP) is 4.94. The van der Waals surface area contributed by atoms with Gasteiger partial charge >= 0.3 is 0 Å². The summed E-state index contributed by atoms with van der Waals surface area (Å²) in [5, 5.41) is 10.5. The first-order chi connectivity index (χ1) is 14.6. The lowest BCUT2D eigenvalue weighted by Crippen LogP contribution is -2.15. The van der Waals surface area contributed by atoms with Crippen LogP contribution >= 0.6 is 22.9 Å². The Morgan fingerprint density at radius 2 is 1.93 bits per heavy atom. The highest BCUT2D eigenvalue weighted by molar-refractivity contribution is 7.12. The zero-order valence-electron chi connectivity index (χ0n) is 15.8. The van der Waals surface area contributed by atoms with Gasteiger partial charge in [-0.05, 0) is 49.4 Å². The van der Waals surface area contributed by atoms with E-state index in [4.69, 9.17) is 26.1 Å². The van der Waals surface area contributed by atoms with Gasteiger partial charge < -0.3 is 14.8 Å². The number of amides is 1. The maximum atomic E-state index is 12.6. The van der Waals surface area contributed by atoms with Crippen LogP contribution in [0, 0.1) is 6.92 Å². The summed E-state index contributed by atoms with van der Waals surface area (Å²) in [5.74, 6) is 1.72. The molecule has 0 aliphatic carbocycles. The van der Waals surface area contributed by atoms with Crippen LogP contribution in [0.15, 0.2) is 53.9 Å². The van der Waals surface area contributed by atoms with Crippen LogP contribution in [0.25, 0.3) is 16.4 Å². The van der Waals surface area contributed by atoms with Crippen molar-refractivity contribution in [1.82, 2.24) is 14.8 Å². The standard InChI is InChI=1S/C21H15ClN4O3S/c1-12-8-19(24-20(27)13-2-5-15(22)6-3-13)26(25-12)21-23-16(10-30-21)14-4-7-17-18(9-14)29-11-28-17/h2-10H,11H2,1H3,(H,24,27).